The second-order valence-electron chi connectivity index (χ2n) is 4.24. The lowest BCUT2D eigenvalue weighted by molar-refractivity contribution is 0.779. The van der Waals surface area contributed by atoms with Gasteiger partial charge in [0.1, 0.15) is 5.82 Å². The highest BCUT2D eigenvalue weighted by atomic mass is 15.2. The molecule has 1 N–H and O–H groups in total. The van der Waals surface area contributed by atoms with E-state index in [-0.39, 0.29) is 0 Å². The van der Waals surface area contributed by atoms with Gasteiger partial charge in [0, 0.05) is 20.1 Å². The highest BCUT2D eigenvalue weighted by molar-refractivity contribution is 5.36. The van der Waals surface area contributed by atoms with Gasteiger partial charge >= 0.3 is 0 Å². The predicted octanol–water partition coefficient (Wildman–Crippen LogP) is 1.83. The minimum absolute atomic E-state index is 0.746. The van der Waals surface area contributed by atoms with Crippen LogP contribution in [0, 0.1) is 0 Å². The van der Waals surface area contributed by atoms with E-state index in [1.807, 2.05) is 44.7 Å². The van der Waals surface area contributed by atoms with Crippen LogP contribution < -0.4 is 10.2 Å². The summed E-state index contributed by atoms with van der Waals surface area (Å²) in [6.07, 6.45) is 3.63. The molecule has 0 spiro atoms. The molecule has 0 amide bonds. The molecule has 0 aliphatic carbocycles. The predicted molar refractivity (Wildman–Crippen MR) is 73.3 cm³/mol. The van der Waals surface area contributed by atoms with Gasteiger partial charge in [0.25, 0.3) is 0 Å². The Labute approximate surface area is 108 Å². The molecule has 0 saturated heterocycles. The standard InChI is InChI=1S/C14H18N4/c1-15-8-13-9-17-14(10-16-13)18(2)11-12-6-4-3-5-7-12/h3-7,9-10,15H,8,11H2,1-2H3. The molecule has 0 unspecified atom stereocenters. The maximum absolute atomic E-state index is 4.42. The second-order valence-corrected chi connectivity index (χ2v) is 4.24. The molecule has 0 aliphatic heterocycles. The summed E-state index contributed by atoms with van der Waals surface area (Å²) in [6, 6.07) is 10.3. The molecule has 0 aliphatic rings. The molecule has 0 atom stereocenters. The van der Waals surface area contributed by atoms with Crippen molar-refractivity contribution in [3.05, 3.63) is 54.0 Å². The third-order valence-electron chi connectivity index (χ3n) is 2.70. The minimum atomic E-state index is 0.746. The van der Waals surface area contributed by atoms with Crippen molar-refractivity contribution in [2.45, 2.75) is 13.1 Å². The lowest BCUT2D eigenvalue weighted by Crippen LogP contribution is -2.18. The summed E-state index contributed by atoms with van der Waals surface area (Å²) >= 11 is 0. The van der Waals surface area contributed by atoms with Gasteiger partial charge in [-0.05, 0) is 12.6 Å². The molecule has 1 aromatic carbocycles. The maximum atomic E-state index is 4.42. The number of rotatable bonds is 5. The Morgan fingerprint density at radius 1 is 1.11 bits per heavy atom. The van der Waals surface area contributed by atoms with Crippen molar-refractivity contribution in [3.8, 4) is 0 Å². The Bertz CT molecular complexity index is 467. The smallest absolute Gasteiger partial charge is 0.147 e. The highest BCUT2D eigenvalue weighted by Gasteiger charge is 2.04. The molecular weight excluding hydrogens is 224 g/mol. The van der Waals surface area contributed by atoms with Crippen molar-refractivity contribution in [1.29, 1.82) is 0 Å². The lowest BCUT2D eigenvalue weighted by Gasteiger charge is -2.17. The van der Waals surface area contributed by atoms with Crippen molar-refractivity contribution in [3.63, 3.8) is 0 Å². The highest BCUT2D eigenvalue weighted by Crippen LogP contribution is 2.11. The van der Waals surface area contributed by atoms with Crippen LogP contribution in [0.15, 0.2) is 42.7 Å². The largest absolute Gasteiger partial charge is 0.354 e. The number of hydrogen-bond acceptors (Lipinski definition) is 4. The zero-order valence-corrected chi connectivity index (χ0v) is 10.8. The fourth-order valence-electron chi connectivity index (χ4n) is 1.76. The van der Waals surface area contributed by atoms with Crippen LogP contribution in [0.3, 0.4) is 0 Å². The van der Waals surface area contributed by atoms with Gasteiger partial charge in [-0.15, -0.1) is 0 Å². The average Bonchev–Trinajstić information content (AvgIpc) is 2.41. The number of anilines is 1. The van der Waals surface area contributed by atoms with Gasteiger partial charge in [0.2, 0.25) is 0 Å². The Morgan fingerprint density at radius 2 is 1.89 bits per heavy atom. The molecule has 18 heavy (non-hydrogen) atoms. The van der Waals surface area contributed by atoms with Crippen LogP contribution >= 0.6 is 0 Å². The summed E-state index contributed by atoms with van der Waals surface area (Å²) in [4.78, 5) is 10.9. The van der Waals surface area contributed by atoms with Gasteiger partial charge in [0.05, 0.1) is 18.1 Å². The van der Waals surface area contributed by atoms with E-state index in [0.29, 0.717) is 0 Å². The molecule has 1 heterocycles. The first-order valence-corrected chi connectivity index (χ1v) is 6.00. The van der Waals surface area contributed by atoms with Gasteiger partial charge in [-0.3, -0.25) is 4.98 Å². The molecule has 0 bridgehead atoms. The van der Waals surface area contributed by atoms with Crippen LogP contribution in [0.25, 0.3) is 0 Å². The van der Waals surface area contributed by atoms with E-state index in [0.717, 1.165) is 24.6 Å². The number of nitrogens with zero attached hydrogens (tertiary/aromatic N) is 3. The van der Waals surface area contributed by atoms with Crippen LogP contribution in [0.2, 0.25) is 0 Å². The zero-order chi connectivity index (χ0) is 12.8. The molecule has 2 aromatic rings. The summed E-state index contributed by atoms with van der Waals surface area (Å²) < 4.78 is 0. The number of aromatic nitrogens is 2. The minimum Gasteiger partial charge on any atom is -0.354 e. The average molecular weight is 242 g/mol. The van der Waals surface area contributed by atoms with E-state index in [9.17, 15) is 0 Å². The lowest BCUT2D eigenvalue weighted by atomic mass is 10.2. The van der Waals surface area contributed by atoms with E-state index in [4.69, 9.17) is 0 Å². The summed E-state index contributed by atoms with van der Waals surface area (Å²) in [5, 5.41) is 3.06. The molecule has 4 heteroatoms. The Kier molecular flexibility index (Phi) is 4.25. The van der Waals surface area contributed by atoms with Crippen LogP contribution in [0.5, 0.6) is 0 Å². The zero-order valence-electron chi connectivity index (χ0n) is 10.8. The van der Waals surface area contributed by atoms with E-state index < -0.39 is 0 Å². The first kappa shape index (κ1) is 12.5. The van der Waals surface area contributed by atoms with Gasteiger partial charge in [-0.2, -0.15) is 0 Å². The van der Waals surface area contributed by atoms with Gasteiger partial charge in [-0.1, -0.05) is 30.3 Å². The Morgan fingerprint density at radius 3 is 2.50 bits per heavy atom. The summed E-state index contributed by atoms with van der Waals surface area (Å²) in [5.41, 5.74) is 2.22. The van der Waals surface area contributed by atoms with Crippen LogP contribution in [0.1, 0.15) is 11.3 Å². The summed E-state index contributed by atoms with van der Waals surface area (Å²) in [7, 11) is 3.92. The SMILES string of the molecule is CNCc1cnc(N(C)Cc2ccccc2)cn1. The normalized spacial score (nSPS) is 10.3. The topological polar surface area (TPSA) is 41.1 Å². The molecule has 4 nitrogen and oxygen atoms in total. The molecular formula is C14H18N4. The van der Waals surface area contributed by atoms with Crippen molar-refractivity contribution in [2.75, 3.05) is 19.0 Å². The van der Waals surface area contributed by atoms with E-state index in [1.54, 1.807) is 0 Å². The molecule has 0 fully saturated rings. The first-order chi connectivity index (χ1) is 8.79. The number of nitrogens with one attached hydrogen (secondary N) is 1. The molecule has 0 radical (unpaired) electrons. The van der Waals surface area contributed by atoms with Crippen molar-refractivity contribution >= 4 is 5.82 Å². The van der Waals surface area contributed by atoms with Crippen LogP contribution in [0.4, 0.5) is 5.82 Å². The second kappa shape index (κ2) is 6.12. The third-order valence-corrected chi connectivity index (χ3v) is 2.70. The first-order valence-electron chi connectivity index (χ1n) is 6.00. The molecule has 2 rings (SSSR count). The quantitative estimate of drug-likeness (QED) is 0.868. The monoisotopic (exact) mass is 242 g/mol. The maximum Gasteiger partial charge on any atom is 0.147 e. The van der Waals surface area contributed by atoms with E-state index >= 15 is 0 Å². The van der Waals surface area contributed by atoms with Gasteiger partial charge < -0.3 is 10.2 Å². The van der Waals surface area contributed by atoms with E-state index in [1.165, 1.54) is 5.56 Å². The van der Waals surface area contributed by atoms with Crippen molar-refractivity contribution < 1.29 is 0 Å². The van der Waals surface area contributed by atoms with E-state index in [2.05, 4.69) is 32.3 Å². The molecule has 0 saturated carbocycles. The van der Waals surface area contributed by atoms with Crippen LogP contribution in [-0.4, -0.2) is 24.1 Å². The number of hydrogen-bond donors (Lipinski definition) is 1. The number of benzene rings is 1. The van der Waals surface area contributed by atoms with Crippen molar-refractivity contribution in [2.24, 2.45) is 0 Å². The van der Waals surface area contributed by atoms with Gasteiger partial charge in [-0.25, -0.2) is 4.98 Å². The fraction of sp³-hybridized carbons (Fsp3) is 0.286. The summed E-state index contributed by atoms with van der Waals surface area (Å²) in [6.45, 7) is 1.58. The third kappa shape index (κ3) is 3.28. The van der Waals surface area contributed by atoms with Crippen molar-refractivity contribution in [1.82, 2.24) is 15.3 Å². The Hall–Kier alpha value is -1.94. The molecule has 1 aromatic heterocycles. The Balaban J connectivity index is 2.02. The van der Waals surface area contributed by atoms with Crippen LogP contribution in [-0.2, 0) is 13.1 Å². The van der Waals surface area contributed by atoms with Gasteiger partial charge in [0.15, 0.2) is 0 Å². The fourth-order valence-corrected chi connectivity index (χ4v) is 1.76. The summed E-state index contributed by atoms with van der Waals surface area (Å²) in [5.74, 6) is 0.888. The molecule has 94 valence electrons.